The van der Waals surface area contributed by atoms with Gasteiger partial charge in [0.25, 0.3) is 0 Å². The van der Waals surface area contributed by atoms with E-state index >= 15 is 0 Å². The van der Waals surface area contributed by atoms with Crippen molar-refractivity contribution in [1.29, 1.82) is 0 Å². The van der Waals surface area contributed by atoms with Crippen molar-refractivity contribution in [3.8, 4) is 0 Å². The molecule has 0 amide bonds. The molecule has 0 spiro atoms. The van der Waals surface area contributed by atoms with Crippen LogP contribution in [0.1, 0.15) is 364 Å². The normalized spacial score (nSPS) is 14.5. The summed E-state index contributed by atoms with van der Waals surface area (Å²) in [4.78, 5) is 72.7. The maximum Gasteiger partial charge on any atom is 0.472 e. The van der Waals surface area contributed by atoms with E-state index in [-0.39, 0.29) is 25.7 Å². The molecule has 546 valence electrons. The summed E-state index contributed by atoms with van der Waals surface area (Å²) in [6.45, 7) is 14.1. The molecule has 0 aliphatic heterocycles. The number of phosphoric ester groups is 2. The number of esters is 4. The molecule has 0 radical (unpaired) electrons. The van der Waals surface area contributed by atoms with E-state index in [4.69, 9.17) is 37.0 Å². The second kappa shape index (κ2) is 62.6. The lowest BCUT2D eigenvalue weighted by molar-refractivity contribution is -0.161. The number of hydrogen-bond acceptors (Lipinski definition) is 15. The lowest BCUT2D eigenvalue weighted by atomic mass is 10.00. The monoisotopic (exact) mass is 1350 g/mol. The van der Waals surface area contributed by atoms with Gasteiger partial charge in [-0.05, 0) is 49.4 Å². The minimum Gasteiger partial charge on any atom is -0.462 e. The minimum atomic E-state index is -4.96. The SMILES string of the molecule is CCC(C)CCCCCCCCC(=O)OC[C@H](COP(=O)(O)OC[C@H](O)COP(=O)(O)OC[C@@H](COC(=O)CCCCCCCCCCCCCCCCC(C)C)OC(=O)CCCCCCCCCCCCC(C)C)OC(=O)CCCCCCCCCCCC(C)C. The van der Waals surface area contributed by atoms with E-state index in [1.54, 1.807) is 0 Å². The number of phosphoric acid groups is 2. The summed E-state index contributed by atoms with van der Waals surface area (Å²) in [5, 5.41) is 10.6. The molecular formula is C73H142O17P2. The van der Waals surface area contributed by atoms with Gasteiger partial charge < -0.3 is 33.8 Å². The first kappa shape index (κ1) is 90.1. The molecule has 19 heteroatoms. The molecule has 0 saturated carbocycles. The van der Waals surface area contributed by atoms with E-state index in [9.17, 15) is 43.2 Å². The van der Waals surface area contributed by atoms with E-state index in [0.717, 1.165) is 120 Å². The van der Waals surface area contributed by atoms with Crippen LogP contribution in [-0.4, -0.2) is 96.7 Å². The Morgan fingerprint density at radius 3 is 0.772 bits per heavy atom. The Kier molecular flexibility index (Phi) is 61.3. The van der Waals surface area contributed by atoms with Gasteiger partial charge in [0, 0.05) is 25.7 Å². The Morgan fingerprint density at radius 2 is 0.522 bits per heavy atom. The van der Waals surface area contributed by atoms with Gasteiger partial charge in [0.2, 0.25) is 0 Å². The maximum absolute atomic E-state index is 13.1. The summed E-state index contributed by atoms with van der Waals surface area (Å²) < 4.78 is 68.4. The molecule has 92 heavy (non-hydrogen) atoms. The van der Waals surface area contributed by atoms with Gasteiger partial charge in [-0.2, -0.15) is 0 Å². The minimum absolute atomic E-state index is 0.104. The highest BCUT2D eigenvalue weighted by atomic mass is 31.2. The molecule has 0 aromatic heterocycles. The molecule has 17 nitrogen and oxygen atoms in total. The first-order chi connectivity index (χ1) is 44.1. The fraction of sp³-hybridized carbons (Fsp3) is 0.945. The Bertz CT molecular complexity index is 1820. The highest BCUT2D eigenvalue weighted by Crippen LogP contribution is 2.45. The summed E-state index contributed by atoms with van der Waals surface area (Å²) in [5.74, 6) is 0.892. The van der Waals surface area contributed by atoms with Gasteiger partial charge in [-0.15, -0.1) is 0 Å². The van der Waals surface area contributed by atoms with Gasteiger partial charge in [0.1, 0.15) is 19.3 Å². The molecule has 0 rings (SSSR count). The third-order valence-electron chi connectivity index (χ3n) is 17.2. The second-order valence-corrected chi connectivity index (χ2v) is 30.9. The third kappa shape index (κ3) is 65.4. The highest BCUT2D eigenvalue weighted by Gasteiger charge is 2.30. The summed E-state index contributed by atoms with van der Waals surface area (Å²) in [5.41, 5.74) is 0. The predicted octanol–water partition coefficient (Wildman–Crippen LogP) is 20.9. The van der Waals surface area contributed by atoms with Crippen LogP contribution in [0.5, 0.6) is 0 Å². The van der Waals surface area contributed by atoms with Crippen LogP contribution in [-0.2, 0) is 65.4 Å². The number of unbranched alkanes of at least 4 members (excludes halogenated alkanes) is 35. The van der Waals surface area contributed by atoms with Gasteiger partial charge >= 0.3 is 39.5 Å². The number of rotatable bonds is 70. The van der Waals surface area contributed by atoms with Crippen molar-refractivity contribution >= 4 is 39.5 Å². The second-order valence-electron chi connectivity index (χ2n) is 28.0. The van der Waals surface area contributed by atoms with E-state index in [2.05, 4.69) is 55.4 Å². The largest absolute Gasteiger partial charge is 0.472 e. The van der Waals surface area contributed by atoms with Crippen LogP contribution < -0.4 is 0 Å². The van der Waals surface area contributed by atoms with Crippen LogP contribution in [0.2, 0.25) is 0 Å². The van der Waals surface area contributed by atoms with Crippen molar-refractivity contribution in [3.63, 3.8) is 0 Å². The predicted molar refractivity (Wildman–Crippen MR) is 372 cm³/mol. The van der Waals surface area contributed by atoms with Crippen molar-refractivity contribution in [2.24, 2.45) is 23.7 Å². The van der Waals surface area contributed by atoms with E-state index < -0.39 is 97.5 Å². The quantitative estimate of drug-likeness (QED) is 0.0222. The van der Waals surface area contributed by atoms with Crippen LogP contribution in [0.4, 0.5) is 0 Å². The Labute approximate surface area is 562 Å². The Balaban J connectivity index is 5.24. The maximum atomic E-state index is 13.1. The van der Waals surface area contributed by atoms with Gasteiger partial charge in [-0.1, -0.05) is 312 Å². The van der Waals surface area contributed by atoms with Gasteiger partial charge in [-0.3, -0.25) is 37.3 Å². The molecule has 3 N–H and O–H groups in total. The lowest BCUT2D eigenvalue weighted by Gasteiger charge is -2.21. The number of aliphatic hydroxyl groups excluding tert-OH is 1. The number of ether oxygens (including phenoxy) is 4. The highest BCUT2D eigenvalue weighted by molar-refractivity contribution is 7.47. The zero-order valence-corrected chi connectivity index (χ0v) is 62.0. The van der Waals surface area contributed by atoms with E-state index in [1.807, 2.05) is 0 Å². The average molecular weight is 1350 g/mol. The number of carbonyl (C=O) groups is 4. The molecule has 0 aromatic carbocycles. The van der Waals surface area contributed by atoms with Crippen LogP contribution >= 0.6 is 15.6 Å². The number of aliphatic hydroxyl groups is 1. The van der Waals surface area contributed by atoms with Crippen molar-refractivity contribution in [3.05, 3.63) is 0 Å². The fourth-order valence-corrected chi connectivity index (χ4v) is 12.6. The first-order valence-corrected chi connectivity index (χ1v) is 40.7. The van der Waals surface area contributed by atoms with Crippen LogP contribution in [0.25, 0.3) is 0 Å². The average Bonchev–Trinajstić information content (AvgIpc) is 1.82. The zero-order valence-electron chi connectivity index (χ0n) is 60.2. The fourth-order valence-electron chi connectivity index (χ4n) is 11.0. The molecule has 0 fully saturated rings. The van der Waals surface area contributed by atoms with Crippen LogP contribution in [0, 0.1) is 23.7 Å². The number of carbonyl (C=O) groups excluding carboxylic acids is 4. The molecule has 0 bridgehead atoms. The van der Waals surface area contributed by atoms with Crippen LogP contribution in [0.3, 0.4) is 0 Å². The third-order valence-corrected chi connectivity index (χ3v) is 19.1. The topological polar surface area (TPSA) is 237 Å². The Morgan fingerprint density at radius 1 is 0.304 bits per heavy atom. The molecule has 6 atom stereocenters. The molecular weight excluding hydrogens is 1210 g/mol. The molecule has 0 aromatic rings. The summed E-state index contributed by atoms with van der Waals surface area (Å²) in [6, 6.07) is 0. The molecule has 0 aliphatic rings. The summed E-state index contributed by atoms with van der Waals surface area (Å²) in [7, 11) is -9.91. The number of hydrogen-bond donors (Lipinski definition) is 3. The smallest absolute Gasteiger partial charge is 0.462 e. The van der Waals surface area contributed by atoms with E-state index in [1.165, 1.54) is 161 Å². The van der Waals surface area contributed by atoms with Crippen molar-refractivity contribution in [1.82, 2.24) is 0 Å². The van der Waals surface area contributed by atoms with E-state index in [0.29, 0.717) is 25.7 Å². The first-order valence-electron chi connectivity index (χ1n) is 37.7. The van der Waals surface area contributed by atoms with Crippen molar-refractivity contribution in [2.75, 3.05) is 39.6 Å². The molecule has 0 heterocycles. The van der Waals surface area contributed by atoms with Crippen molar-refractivity contribution in [2.45, 2.75) is 382 Å². The zero-order chi connectivity index (χ0) is 68.2. The summed E-state index contributed by atoms with van der Waals surface area (Å²) in [6.07, 6.45) is 45.8. The van der Waals surface area contributed by atoms with Crippen LogP contribution in [0.15, 0.2) is 0 Å². The molecule has 0 saturated heterocycles. The Hall–Kier alpha value is -1.94. The van der Waals surface area contributed by atoms with Gasteiger partial charge in [0.15, 0.2) is 12.2 Å². The van der Waals surface area contributed by atoms with Gasteiger partial charge in [-0.25, -0.2) is 9.13 Å². The lowest BCUT2D eigenvalue weighted by Crippen LogP contribution is -2.30. The summed E-state index contributed by atoms with van der Waals surface area (Å²) >= 11 is 0. The van der Waals surface area contributed by atoms with Crippen molar-refractivity contribution < 1.29 is 80.2 Å². The molecule has 0 aliphatic carbocycles. The van der Waals surface area contributed by atoms with Gasteiger partial charge in [0.05, 0.1) is 26.4 Å². The molecule has 3 unspecified atom stereocenters. The standard InChI is InChI=1S/C73H142O17P2/c1-9-66(8)52-44-36-31-32-38-46-54-71(76)84-60-69(90-73(78)56-48-40-30-24-18-21-27-35-43-51-65(6)7)62-88-92(81,82)86-58-67(74)57-85-91(79,80)87-61-68(89-72(77)55-47-39-29-23-17-16-20-26-34-42-50-64(4)5)59-83-70(75)53-45-37-28-22-15-13-11-10-12-14-19-25-33-41-49-63(2)3/h63-69,74H,9-62H2,1-8H3,(H,79,80)(H,81,82)/t66?,67-,68-,69-/m1/s1.